The van der Waals surface area contributed by atoms with Gasteiger partial charge in [-0.25, -0.2) is 17.6 Å². The van der Waals surface area contributed by atoms with Crippen molar-refractivity contribution in [2.45, 2.75) is 16.1 Å². The van der Waals surface area contributed by atoms with Gasteiger partial charge >= 0.3 is 6.09 Å². The van der Waals surface area contributed by atoms with Gasteiger partial charge in [0, 0.05) is 16.7 Å². The molecular weight excluding hydrogens is 532 g/mol. The number of nitrogens with zero attached hydrogens (tertiary/aromatic N) is 1. The fraction of sp³-hybridized carbons (Fsp3) is 0.174. The van der Waals surface area contributed by atoms with Crippen molar-refractivity contribution in [1.29, 1.82) is 0 Å². The Balaban J connectivity index is 0.000000391. The highest BCUT2D eigenvalue weighted by Gasteiger charge is 2.52. The summed E-state index contributed by atoms with van der Waals surface area (Å²) in [5.41, 5.74) is 0.543. The number of carbonyl (C=O) groups is 1. The number of hydrogen-bond donors (Lipinski definition) is 1. The molecule has 0 aliphatic carbocycles. The molecule has 5 nitrogen and oxygen atoms in total. The van der Waals surface area contributed by atoms with Gasteiger partial charge in [-0.1, -0.05) is 48.5 Å². The van der Waals surface area contributed by atoms with Crippen LogP contribution in [0.5, 0.6) is 0 Å². The minimum Gasteiger partial charge on any atom is -0.465 e. The Morgan fingerprint density at radius 1 is 0.935 bits per heavy atom. The Bertz CT molecular complexity index is 1100. The van der Waals surface area contributed by atoms with Crippen LogP contribution in [0.15, 0.2) is 89.8 Å². The van der Waals surface area contributed by atoms with E-state index in [0.717, 1.165) is 20.6 Å². The Morgan fingerprint density at radius 2 is 1.45 bits per heavy atom. The zero-order chi connectivity index (χ0) is 22.5. The third-order valence-electron chi connectivity index (χ3n) is 5.18. The normalized spacial score (nSPS) is 18.2. The van der Waals surface area contributed by atoms with E-state index >= 15 is 0 Å². The summed E-state index contributed by atoms with van der Waals surface area (Å²) in [4.78, 5) is 12.5. The number of rotatable bonds is 3. The first-order chi connectivity index (χ1) is 14.8. The summed E-state index contributed by atoms with van der Waals surface area (Å²) in [6.45, 7) is -0.0234. The maximum absolute atomic E-state index is 13.4. The summed E-state index contributed by atoms with van der Waals surface area (Å²) in [7, 11) is -3.92. The summed E-state index contributed by atoms with van der Waals surface area (Å²) < 4.78 is 39.5. The largest absolute Gasteiger partial charge is 0.465 e. The van der Waals surface area contributed by atoms with Crippen molar-refractivity contribution in [3.8, 4) is 0 Å². The Labute approximate surface area is 194 Å². The molecule has 3 aromatic carbocycles. The minimum atomic E-state index is -3.92. The lowest BCUT2D eigenvalue weighted by molar-refractivity contribution is 0.154. The van der Waals surface area contributed by atoms with E-state index in [1.165, 1.54) is 12.1 Å². The van der Waals surface area contributed by atoms with Crippen LogP contribution in [0.1, 0.15) is 12.0 Å². The molecule has 8 heteroatoms. The van der Waals surface area contributed by atoms with Gasteiger partial charge in [-0.15, -0.1) is 0 Å². The molecule has 0 spiro atoms. The maximum Gasteiger partial charge on any atom is 0.407 e. The summed E-state index contributed by atoms with van der Waals surface area (Å²) in [6.07, 6.45) is -0.999. The van der Waals surface area contributed by atoms with Gasteiger partial charge in [0.05, 0.1) is 4.90 Å². The molecule has 1 aliphatic rings. The molecule has 1 amide bonds. The van der Waals surface area contributed by atoms with Crippen LogP contribution in [0.3, 0.4) is 0 Å². The number of carboxylic acid groups (broad SMARTS) is 1. The first-order valence-electron chi connectivity index (χ1n) is 9.50. The van der Waals surface area contributed by atoms with Crippen LogP contribution in [0.4, 0.5) is 9.18 Å². The van der Waals surface area contributed by atoms with Crippen LogP contribution in [0, 0.1) is 9.39 Å². The van der Waals surface area contributed by atoms with Crippen LogP contribution in [-0.2, 0) is 14.6 Å². The van der Waals surface area contributed by atoms with E-state index in [-0.39, 0.29) is 24.4 Å². The van der Waals surface area contributed by atoms with Gasteiger partial charge in [0.2, 0.25) is 0 Å². The third kappa shape index (κ3) is 5.07. The molecule has 3 aromatic rings. The predicted octanol–water partition coefficient (Wildman–Crippen LogP) is 5.17. The number of amides is 1. The van der Waals surface area contributed by atoms with E-state index in [1.54, 1.807) is 24.3 Å². The van der Waals surface area contributed by atoms with Crippen LogP contribution < -0.4 is 0 Å². The van der Waals surface area contributed by atoms with Gasteiger partial charge in [-0.05, 0) is 71.0 Å². The quantitative estimate of drug-likeness (QED) is 0.359. The average molecular weight is 553 g/mol. The predicted molar refractivity (Wildman–Crippen MR) is 125 cm³/mol. The summed E-state index contributed by atoms with van der Waals surface area (Å²) >= 11 is 2.12. The first-order valence-corrected chi connectivity index (χ1v) is 12.1. The molecule has 1 fully saturated rings. The smallest absolute Gasteiger partial charge is 0.407 e. The van der Waals surface area contributed by atoms with Gasteiger partial charge in [-0.3, -0.25) is 0 Å². The van der Waals surface area contributed by atoms with Crippen LogP contribution >= 0.6 is 22.6 Å². The van der Waals surface area contributed by atoms with Crippen molar-refractivity contribution in [3.63, 3.8) is 0 Å². The Morgan fingerprint density at radius 3 is 1.90 bits per heavy atom. The van der Waals surface area contributed by atoms with Crippen LogP contribution in [-0.4, -0.2) is 37.6 Å². The second kappa shape index (κ2) is 9.78. The summed E-state index contributed by atoms with van der Waals surface area (Å²) in [5.74, 6) is -0.527. The highest BCUT2D eigenvalue weighted by molar-refractivity contribution is 14.1. The molecule has 162 valence electrons. The molecule has 0 unspecified atom stereocenters. The van der Waals surface area contributed by atoms with Gasteiger partial charge in [-0.2, -0.15) is 0 Å². The van der Waals surface area contributed by atoms with E-state index in [1.807, 2.05) is 36.4 Å². The molecule has 1 heterocycles. The lowest BCUT2D eigenvalue weighted by atomic mass is 9.97. The zero-order valence-corrected chi connectivity index (χ0v) is 19.5. The van der Waals surface area contributed by atoms with E-state index in [4.69, 9.17) is 0 Å². The van der Waals surface area contributed by atoms with Gasteiger partial charge in [0.1, 0.15) is 10.6 Å². The second-order valence-corrected chi connectivity index (χ2v) is 10.6. The highest BCUT2D eigenvalue weighted by Crippen LogP contribution is 2.43. The van der Waals surface area contributed by atoms with Crippen LogP contribution in [0.2, 0.25) is 0 Å². The lowest BCUT2D eigenvalue weighted by Crippen LogP contribution is -2.40. The van der Waals surface area contributed by atoms with Crippen molar-refractivity contribution in [1.82, 2.24) is 4.90 Å². The Hall–Kier alpha value is -2.46. The summed E-state index contributed by atoms with van der Waals surface area (Å²) in [5, 5.41) is 9.29. The molecule has 0 radical (unpaired) electrons. The van der Waals surface area contributed by atoms with Crippen LogP contribution in [0.25, 0.3) is 0 Å². The van der Waals surface area contributed by atoms with E-state index in [2.05, 4.69) is 22.6 Å². The van der Waals surface area contributed by atoms with Crippen molar-refractivity contribution < 1.29 is 22.7 Å². The standard InChI is InChI=1S/C17H15FINO4S.C6H6/c18-13-3-7-15(8-4-13)25(23,24)17(9-10-20(11-17)16(21)22)12-1-5-14(19)6-2-12;1-2-4-6-5-3-1/h1-8H,9-11H2,(H,21,22);1-6H/t17-;/m1./s1. The number of sulfone groups is 1. The number of benzene rings is 3. The molecule has 1 saturated heterocycles. The molecular formula is C23H21FINO4S. The fourth-order valence-corrected chi connectivity index (χ4v) is 5.97. The molecule has 0 saturated carbocycles. The maximum atomic E-state index is 13.4. The molecule has 0 aromatic heterocycles. The minimum absolute atomic E-state index is 0.0142. The third-order valence-corrected chi connectivity index (χ3v) is 8.39. The monoisotopic (exact) mass is 553 g/mol. The van der Waals surface area contributed by atoms with Gasteiger partial charge in [0.15, 0.2) is 9.84 Å². The molecule has 4 rings (SSSR count). The topological polar surface area (TPSA) is 74.7 Å². The van der Waals surface area contributed by atoms with Crippen molar-refractivity contribution in [3.05, 3.63) is 99.9 Å². The zero-order valence-electron chi connectivity index (χ0n) is 16.5. The fourth-order valence-electron chi connectivity index (χ4n) is 3.53. The Kier molecular flexibility index (Phi) is 7.32. The van der Waals surface area contributed by atoms with E-state index in [0.29, 0.717) is 5.56 Å². The lowest BCUT2D eigenvalue weighted by Gasteiger charge is -2.29. The van der Waals surface area contributed by atoms with Gasteiger partial charge in [0.25, 0.3) is 0 Å². The van der Waals surface area contributed by atoms with Gasteiger partial charge < -0.3 is 10.0 Å². The first kappa shape index (κ1) is 23.2. The molecule has 1 N–H and O–H groups in total. The van der Waals surface area contributed by atoms with Crippen molar-refractivity contribution >= 4 is 38.5 Å². The molecule has 31 heavy (non-hydrogen) atoms. The molecule has 1 atom stereocenters. The molecule has 0 bridgehead atoms. The average Bonchev–Trinajstić information content (AvgIpc) is 3.24. The number of halogens is 2. The molecule has 1 aliphatic heterocycles. The second-order valence-electron chi connectivity index (χ2n) is 7.07. The van der Waals surface area contributed by atoms with E-state index < -0.39 is 26.5 Å². The van der Waals surface area contributed by atoms with E-state index in [9.17, 15) is 22.7 Å². The van der Waals surface area contributed by atoms with Crippen molar-refractivity contribution in [2.24, 2.45) is 0 Å². The number of likely N-dealkylation sites (tertiary alicyclic amines) is 1. The number of hydrogen-bond acceptors (Lipinski definition) is 3. The highest BCUT2D eigenvalue weighted by atomic mass is 127. The van der Waals surface area contributed by atoms with Crippen molar-refractivity contribution in [2.75, 3.05) is 13.1 Å². The SMILES string of the molecule is O=C(O)N1CC[C@@](c2ccc(I)cc2)(S(=O)(=O)c2ccc(F)cc2)C1.c1ccccc1. The summed E-state index contributed by atoms with van der Waals surface area (Å²) in [6, 6.07) is 23.7.